The van der Waals surface area contributed by atoms with Crippen LogP contribution in [-0.4, -0.2) is 61.0 Å². The van der Waals surface area contributed by atoms with E-state index in [-0.39, 0.29) is 23.8 Å². The molecule has 35 heavy (non-hydrogen) atoms. The fourth-order valence-electron chi connectivity index (χ4n) is 4.35. The van der Waals surface area contributed by atoms with Crippen molar-refractivity contribution in [2.24, 2.45) is 5.92 Å². The summed E-state index contributed by atoms with van der Waals surface area (Å²) >= 11 is 0. The first-order valence-electron chi connectivity index (χ1n) is 12.1. The third kappa shape index (κ3) is 5.97. The van der Waals surface area contributed by atoms with E-state index >= 15 is 0 Å². The van der Waals surface area contributed by atoms with Crippen LogP contribution in [0.4, 0.5) is 0 Å². The number of unbranched alkanes of at least 4 members (excludes halogenated alkanes) is 2. The van der Waals surface area contributed by atoms with Gasteiger partial charge in [-0.3, -0.25) is 9.59 Å². The van der Waals surface area contributed by atoms with Gasteiger partial charge in [-0.2, -0.15) is 0 Å². The molecule has 3 aromatic rings. The molecule has 9 heteroatoms. The molecule has 1 unspecified atom stereocenters. The molecule has 1 atom stereocenters. The minimum atomic E-state index is -0.346. The molecule has 2 N–H and O–H groups in total. The van der Waals surface area contributed by atoms with Crippen molar-refractivity contribution in [3.05, 3.63) is 42.4 Å². The molecule has 4 rings (SSSR count). The summed E-state index contributed by atoms with van der Waals surface area (Å²) in [4.78, 5) is 35.5. The van der Waals surface area contributed by atoms with Gasteiger partial charge in [0.25, 0.3) is 0 Å². The van der Waals surface area contributed by atoms with Crippen LogP contribution in [-0.2, 0) is 9.59 Å². The van der Waals surface area contributed by atoms with Crippen molar-refractivity contribution in [3.63, 3.8) is 0 Å². The highest BCUT2D eigenvalue weighted by atomic mass is 16.5. The van der Waals surface area contributed by atoms with Crippen LogP contribution in [0, 0.1) is 5.92 Å². The van der Waals surface area contributed by atoms with E-state index in [0.29, 0.717) is 35.9 Å². The Morgan fingerprint density at radius 2 is 2.03 bits per heavy atom. The number of benzene rings is 1. The number of pyridine rings is 1. The van der Waals surface area contributed by atoms with E-state index < -0.39 is 0 Å². The van der Waals surface area contributed by atoms with Crippen molar-refractivity contribution in [1.82, 2.24) is 25.5 Å². The summed E-state index contributed by atoms with van der Waals surface area (Å²) in [7, 11) is 5.22. The molecule has 1 saturated heterocycles. The van der Waals surface area contributed by atoms with Gasteiger partial charge in [-0.15, -0.1) is 0 Å². The van der Waals surface area contributed by atoms with Crippen LogP contribution < -0.4 is 15.4 Å². The lowest BCUT2D eigenvalue weighted by Crippen LogP contribution is -2.52. The summed E-state index contributed by atoms with van der Waals surface area (Å²) in [6.45, 7) is 1.50. The highest BCUT2D eigenvalue weighted by Gasteiger charge is 2.32. The molecule has 9 nitrogen and oxygen atoms in total. The summed E-state index contributed by atoms with van der Waals surface area (Å²) in [5, 5.41) is 6.75. The van der Waals surface area contributed by atoms with Crippen LogP contribution in [0.3, 0.4) is 0 Å². The van der Waals surface area contributed by atoms with Gasteiger partial charge in [-0.1, -0.05) is 31.0 Å². The molecule has 1 aromatic carbocycles. The molecule has 3 heterocycles. The minimum absolute atomic E-state index is 0.0168. The number of hydrogen-bond donors (Lipinski definition) is 2. The standard InChI is InChI=1S/C26H33N5O4/c1-27-23(32)12-6-4-5-11-21(29-24(33)18-15-31(2)16-18)26-28-14-22(35-26)19-13-17-9-7-8-10-20(17)30-25(19)34-3/h7-10,13-14,18,21H,4-6,11-12,15-16H2,1-3H3,(H,27,32)(H,29,33). The van der Waals surface area contributed by atoms with Crippen molar-refractivity contribution < 1.29 is 18.7 Å². The third-order valence-corrected chi connectivity index (χ3v) is 6.40. The highest BCUT2D eigenvalue weighted by Crippen LogP contribution is 2.33. The maximum Gasteiger partial charge on any atom is 0.226 e. The van der Waals surface area contributed by atoms with Gasteiger partial charge >= 0.3 is 0 Å². The first-order valence-corrected chi connectivity index (χ1v) is 12.1. The first kappa shape index (κ1) is 24.7. The van der Waals surface area contributed by atoms with E-state index in [1.807, 2.05) is 37.4 Å². The number of para-hydroxylation sites is 1. The number of hydrogen-bond acceptors (Lipinski definition) is 7. The number of ether oxygens (including phenoxy) is 1. The monoisotopic (exact) mass is 479 g/mol. The number of oxazole rings is 1. The number of carbonyl (C=O) groups excluding carboxylic acids is 2. The Morgan fingerprint density at radius 3 is 2.77 bits per heavy atom. The van der Waals surface area contributed by atoms with E-state index in [9.17, 15) is 9.59 Å². The summed E-state index contributed by atoms with van der Waals surface area (Å²) in [5.41, 5.74) is 1.54. The average molecular weight is 480 g/mol. The zero-order chi connectivity index (χ0) is 24.8. The molecule has 2 aromatic heterocycles. The van der Waals surface area contributed by atoms with E-state index in [1.165, 1.54) is 0 Å². The normalized spacial score (nSPS) is 14.9. The Hall–Kier alpha value is -3.46. The van der Waals surface area contributed by atoms with Gasteiger partial charge in [0, 0.05) is 31.9 Å². The maximum absolute atomic E-state index is 12.8. The number of methoxy groups -OCH3 is 1. The molecular weight excluding hydrogens is 446 g/mol. The second-order valence-corrected chi connectivity index (χ2v) is 9.05. The Labute approximate surface area is 205 Å². The van der Waals surface area contributed by atoms with Crippen molar-refractivity contribution in [3.8, 4) is 17.2 Å². The van der Waals surface area contributed by atoms with Gasteiger partial charge in [0.15, 0.2) is 5.76 Å². The molecule has 0 aliphatic carbocycles. The van der Waals surface area contributed by atoms with Gasteiger partial charge in [0.1, 0.15) is 6.04 Å². The number of likely N-dealkylation sites (tertiary alicyclic amines) is 1. The molecule has 1 aliphatic heterocycles. The topological polar surface area (TPSA) is 110 Å². The molecule has 0 radical (unpaired) electrons. The van der Waals surface area contributed by atoms with Gasteiger partial charge in [0.05, 0.1) is 30.3 Å². The molecular formula is C26H33N5O4. The average Bonchev–Trinajstić information content (AvgIpc) is 3.34. The minimum Gasteiger partial charge on any atom is -0.480 e. The highest BCUT2D eigenvalue weighted by molar-refractivity contribution is 5.85. The second-order valence-electron chi connectivity index (χ2n) is 9.05. The van der Waals surface area contributed by atoms with Crippen molar-refractivity contribution in [2.45, 2.75) is 38.1 Å². The smallest absolute Gasteiger partial charge is 0.226 e. The largest absolute Gasteiger partial charge is 0.480 e. The van der Waals surface area contributed by atoms with Crippen LogP contribution in [0.1, 0.15) is 44.0 Å². The SMILES string of the molecule is CNC(=O)CCCCCC(NC(=O)C1CN(C)C1)c1ncc(-c2cc3ccccc3nc2OC)o1. The summed E-state index contributed by atoms with van der Waals surface area (Å²) in [5.74, 6) is 1.50. The summed E-state index contributed by atoms with van der Waals surface area (Å²) in [6.07, 6.45) is 5.35. The van der Waals surface area contributed by atoms with Crippen LogP contribution >= 0.6 is 0 Å². The van der Waals surface area contributed by atoms with Crippen molar-refractivity contribution >= 4 is 22.7 Å². The van der Waals surface area contributed by atoms with Crippen LogP contribution in [0.2, 0.25) is 0 Å². The number of aromatic nitrogens is 2. The molecule has 1 fully saturated rings. The number of carbonyl (C=O) groups is 2. The third-order valence-electron chi connectivity index (χ3n) is 6.40. The lowest BCUT2D eigenvalue weighted by molar-refractivity contribution is -0.130. The molecule has 2 amide bonds. The Morgan fingerprint density at radius 1 is 1.23 bits per heavy atom. The Bertz CT molecular complexity index is 1170. The molecule has 186 valence electrons. The van der Waals surface area contributed by atoms with Crippen LogP contribution in [0.5, 0.6) is 5.88 Å². The number of nitrogens with one attached hydrogen (secondary N) is 2. The second kappa shape index (κ2) is 11.3. The summed E-state index contributed by atoms with van der Waals surface area (Å²) in [6, 6.07) is 9.44. The van der Waals surface area contributed by atoms with E-state index in [4.69, 9.17) is 9.15 Å². The molecule has 1 aliphatic rings. The number of rotatable bonds is 11. The first-order chi connectivity index (χ1) is 17.0. The van der Waals surface area contributed by atoms with Gasteiger partial charge in [-0.05, 0) is 32.0 Å². The summed E-state index contributed by atoms with van der Waals surface area (Å²) < 4.78 is 11.7. The number of nitrogens with zero attached hydrogens (tertiary/aromatic N) is 3. The van der Waals surface area contributed by atoms with Crippen molar-refractivity contribution in [2.75, 3.05) is 34.3 Å². The van der Waals surface area contributed by atoms with Gasteiger partial charge in [-0.25, -0.2) is 9.97 Å². The van der Waals surface area contributed by atoms with Crippen molar-refractivity contribution in [1.29, 1.82) is 0 Å². The van der Waals surface area contributed by atoms with Gasteiger partial charge < -0.3 is 24.7 Å². The predicted octanol–water partition coefficient (Wildman–Crippen LogP) is 3.31. The van der Waals surface area contributed by atoms with Crippen LogP contribution in [0.25, 0.3) is 22.2 Å². The number of amides is 2. The fraction of sp³-hybridized carbons (Fsp3) is 0.462. The van der Waals surface area contributed by atoms with E-state index in [0.717, 1.165) is 43.3 Å². The molecule has 0 saturated carbocycles. The predicted molar refractivity (Wildman–Crippen MR) is 133 cm³/mol. The number of fused-ring (bicyclic) bond motifs is 1. The lowest BCUT2D eigenvalue weighted by Gasteiger charge is -2.35. The molecule has 0 bridgehead atoms. The zero-order valence-corrected chi connectivity index (χ0v) is 20.5. The lowest BCUT2D eigenvalue weighted by atomic mass is 9.99. The maximum atomic E-state index is 12.8. The Kier molecular flexibility index (Phi) is 7.97. The van der Waals surface area contributed by atoms with Gasteiger partial charge in [0.2, 0.25) is 23.6 Å². The molecule has 0 spiro atoms. The quantitative estimate of drug-likeness (QED) is 0.406. The zero-order valence-electron chi connectivity index (χ0n) is 20.5. The van der Waals surface area contributed by atoms with E-state index in [2.05, 4.69) is 25.5 Å². The van der Waals surface area contributed by atoms with E-state index in [1.54, 1.807) is 20.4 Å². The Balaban J connectivity index is 1.51. The van der Waals surface area contributed by atoms with Crippen LogP contribution in [0.15, 0.2) is 40.9 Å². The fourth-order valence-corrected chi connectivity index (χ4v) is 4.35.